The standard InChI is InChI=1S/C15H19NO3.ClH/c17-9-11-18-10-8-16-12-14-6-7-15(19-14)13-4-2-1-3-5-13;/h1-7,16-17H,8-12H2;1H. The van der Waals surface area contributed by atoms with Gasteiger partial charge in [0.05, 0.1) is 26.4 Å². The van der Waals surface area contributed by atoms with Crippen LogP contribution in [0.5, 0.6) is 0 Å². The van der Waals surface area contributed by atoms with Gasteiger partial charge in [-0.1, -0.05) is 30.3 Å². The largest absolute Gasteiger partial charge is 0.460 e. The van der Waals surface area contributed by atoms with Crippen LogP contribution in [-0.2, 0) is 11.3 Å². The maximum atomic E-state index is 8.55. The summed E-state index contributed by atoms with van der Waals surface area (Å²) in [5, 5.41) is 11.8. The third-order valence-corrected chi connectivity index (χ3v) is 2.68. The van der Waals surface area contributed by atoms with E-state index in [1.807, 2.05) is 42.5 Å². The highest BCUT2D eigenvalue weighted by Gasteiger charge is 2.03. The minimum Gasteiger partial charge on any atom is -0.460 e. The van der Waals surface area contributed by atoms with Gasteiger partial charge < -0.3 is 19.6 Å². The van der Waals surface area contributed by atoms with Crippen molar-refractivity contribution in [2.75, 3.05) is 26.4 Å². The summed E-state index contributed by atoms with van der Waals surface area (Å²) in [5.41, 5.74) is 1.08. The Bertz CT molecular complexity index is 473. The fraction of sp³-hybridized carbons (Fsp3) is 0.333. The van der Waals surface area contributed by atoms with Crippen molar-refractivity contribution < 1.29 is 14.3 Å². The number of halogens is 1. The molecule has 1 aromatic heterocycles. The Labute approximate surface area is 125 Å². The molecule has 0 saturated carbocycles. The lowest BCUT2D eigenvalue weighted by molar-refractivity contribution is 0.0936. The lowest BCUT2D eigenvalue weighted by Gasteiger charge is -2.03. The SMILES string of the molecule is Cl.OCCOCCNCc1ccc(-c2ccccc2)o1. The minimum absolute atomic E-state index is 0. The second kappa shape index (κ2) is 9.55. The number of hydrogen-bond acceptors (Lipinski definition) is 4. The number of aliphatic hydroxyl groups excluding tert-OH is 1. The van der Waals surface area contributed by atoms with Gasteiger partial charge in [-0.3, -0.25) is 0 Å². The molecule has 5 heteroatoms. The Morgan fingerprint density at radius 1 is 1.05 bits per heavy atom. The van der Waals surface area contributed by atoms with Crippen LogP contribution >= 0.6 is 12.4 Å². The van der Waals surface area contributed by atoms with Crippen molar-refractivity contribution in [2.45, 2.75) is 6.54 Å². The molecular formula is C15H20ClNO3. The molecule has 0 aliphatic heterocycles. The summed E-state index contributed by atoms with van der Waals surface area (Å²) in [5.74, 6) is 1.79. The van der Waals surface area contributed by atoms with E-state index in [9.17, 15) is 0 Å². The summed E-state index contributed by atoms with van der Waals surface area (Å²) in [4.78, 5) is 0. The van der Waals surface area contributed by atoms with Crippen molar-refractivity contribution in [1.82, 2.24) is 5.32 Å². The van der Waals surface area contributed by atoms with Gasteiger partial charge in [-0.15, -0.1) is 12.4 Å². The lowest BCUT2D eigenvalue weighted by atomic mass is 10.2. The summed E-state index contributed by atoms with van der Waals surface area (Å²) < 4.78 is 10.9. The molecule has 1 aromatic carbocycles. The molecule has 0 aliphatic rings. The van der Waals surface area contributed by atoms with Crippen molar-refractivity contribution >= 4 is 12.4 Å². The zero-order valence-corrected chi connectivity index (χ0v) is 12.1. The fourth-order valence-electron chi connectivity index (χ4n) is 1.75. The fourth-order valence-corrected chi connectivity index (χ4v) is 1.75. The molecule has 1 heterocycles. The quantitative estimate of drug-likeness (QED) is 0.735. The Balaban J connectivity index is 0.00000200. The van der Waals surface area contributed by atoms with Gasteiger partial charge in [-0.2, -0.15) is 0 Å². The predicted octanol–water partition coefficient (Wildman–Crippen LogP) is 2.47. The van der Waals surface area contributed by atoms with Crippen molar-refractivity contribution in [3.63, 3.8) is 0 Å². The van der Waals surface area contributed by atoms with E-state index in [0.29, 0.717) is 19.8 Å². The molecule has 0 unspecified atom stereocenters. The number of ether oxygens (including phenoxy) is 1. The molecule has 2 aromatic rings. The predicted molar refractivity (Wildman–Crippen MR) is 81.0 cm³/mol. The van der Waals surface area contributed by atoms with Crippen LogP contribution < -0.4 is 5.32 Å². The smallest absolute Gasteiger partial charge is 0.134 e. The highest BCUT2D eigenvalue weighted by Crippen LogP contribution is 2.21. The highest BCUT2D eigenvalue weighted by atomic mass is 35.5. The number of furan rings is 1. The zero-order chi connectivity index (χ0) is 13.3. The minimum atomic E-state index is 0. The van der Waals surface area contributed by atoms with E-state index < -0.39 is 0 Å². The first-order valence-corrected chi connectivity index (χ1v) is 6.43. The van der Waals surface area contributed by atoms with Gasteiger partial charge in [0.25, 0.3) is 0 Å². The van der Waals surface area contributed by atoms with Crippen LogP contribution in [0.25, 0.3) is 11.3 Å². The van der Waals surface area contributed by atoms with E-state index in [0.717, 1.165) is 23.6 Å². The molecule has 2 rings (SSSR count). The molecule has 20 heavy (non-hydrogen) atoms. The van der Waals surface area contributed by atoms with Crippen LogP contribution in [0, 0.1) is 0 Å². The van der Waals surface area contributed by atoms with Gasteiger partial charge in [-0.05, 0) is 12.1 Å². The van der Waals surface area contributed by atoms with Crippen molar-refractivity contribution in [2.24, 2.45) is 0 Å². The summed E-state index contributed by atoms with van der Waals surface area (Å²) in [6.45, 7) is 2.46. The summed E-state index contributed by atoms with van der Waals surface area (Å²) >= 11 is 0. The first-order valence-electron chi connectivity index (χ1n) is 6.43. The average molecular weight is 298 g/mol. The molecule has 0 amide bonds. The average Bonchev–Trinajstić information content (AvgIpc) is 2.92. The molecule has 0 fully saturated rings. The molecule has 2 N–H and O–H groups in total. The Kier molecular flexibility index (Phi) is 7.99. The van der Waals surface area contributed by atoms with E-state index in [1.54, 1.807) is 0 Å². The first kappa shape index (κ1) is 16.7. The molecule has 4 nitrogen and oxygen atoms in total. The molecule has 0 bridgehead atoms. The second-order valence-electron chi connectivity index (χ2n) is 4.14. The maximum absolute atomic E-state index is 8.55. The van der Waals surface area contributed by atoms with Crippen LogP contribution in [0.4, 0.5) is 0 Å². The van der Waals surface area contributed by atoms with E-state index in [4.69, 9.17) is 14.3 Å². The van der Waals surface area contributed by atoms with E-state index in [-0.39, 0.29) is 19.0 Å². The maximum Gasteiger partial charge on any atom is 0.134 e. The third kappa shape index (κ3) is 5.35. The van der Waals surface area contributed by atoms with Gasteiger partial charge in [0.2, 0.25) is 0 Å². The van der Waals surface area contributed by atoms with Crippen LogP contribution in [-0.4, -0.2) is 31.5 Å². The molecule has 0 aliphatic carbocycles. The highest BCUT2D eigenvalue weighted by molar-refractivity contribution is 5.85. The normalized spacial score (nSPS) is 10.2. The number of benzene rings is 1. The zero-order valence-electron chi connectivity index (χ0n) is 11.2. The molecule has 0 atom stereocenters. The van der Waals surface area contributed by atoms with E-state index in [1.165, 1.54) is 0 Å². The van der Waals surface area contributed by atoms with Crippen molar-refractivity contribution in [3.8, 4) is 11.3 Å². The van der Waals surface area contributed by atoms with Crippen LogP contribution in [0.2, 0.25) is 0 Å². The van der Waals surface area contributed by atoms with Crippen molar-refractivity contribution in [3.05, 3.63) is 48.2 Å². The van der Waals surface area contributed by atoms with Crippen LogP contribution in [0.15, 0.2) is 46.9 Å². The van der Waals surface area contributed by atoms with Crippen LogP contribution in [0.3, 0.4) is 0 Å². The topological polar surface area (TPSA) is 54.6 Å². The number of rotatable bonds is 8. The first-order chi connectivity index (χ1) is 9.40. The molecule has 0 spiro atoms. The third-order valence-electron chi connectivity index (χ3n) is 2.68. The lowest BCUT2D eigenvalue weighted by Crippen LogP contribution is -2.19. The summed E-state index contributed by atoms with van der Waals surface area (Å²) in [6, 6.07) is 14.0. The molecule has 110 valence electrons. The molecular weight excluding hydrogens is 278 g/mol. The van der Waals surface area contributed by atoms with Gasteiger partial charge in [0.1, 0.15) is 11.5 Å². The molecule has 0 saturated heterocycles. The molecule has 0 radical (unpaired) electrons. The van der Waals surface area contributed by atoms with Crippen LogP contribution in [0.1, 0.15) is 5.76 Å². The monoisotopic (exact) mass is 297 g/mol. The van der Waals surface area contributed by atoms with Gasteiger partial charge in [0, 0.05) is 12.1 Å². The van der Waals surface area contributed by atoms with Gasteiger partial charge >= 0.3 is 0 Å². The van der Waals surface area contributed by atoms with E-state index in [2.05, 4.69) is 5.32 Å². The van der Waals surface area contributed by atoms with E-state index >= 15 is 0 Å². The number of aliphatic hydroxyl groups is 1. The van der Waals surface area contributed by atoms with Crippen molar-refractivity contribution in [1.29, 1.82) is 0 Å². The summed E-state index contributed by atoms with van der Waals surface area (Å²) in [7, 11) is 0. The Morgan fingerprint density at radius 3 is 2.60 bits per heavy atom. The van der Waals surface area contributed by atoms with Gasteiger partial charge in [0.15, 0.2) is 0 Å². The van der Waals surface area contributed by atoms with Gasteiger partial charge in [-0.25, -0.2) is 0 Å². The number of hydrogen-bond donors (Lipinski definition) is 2. The summed E-state index contributed by atoms with van der Waals surface area (Å²) in [6.07, 6.45) is 0. The second-order valence-corrected chi connectivity index (χ2v) is 4.14. The number of nitrogens with one attached hydrogen (secondary N) is 1. The Morgan fingerprint density at radius 2 is 1.85 bits per heavy atom. The Hall–Kier alpha value is -1.33.